The van der Waals surface area contributed by atoms with Gasteiger partial charge in [-0.1, -0.05) is 42.5 Å². The molecule has 3 aromatic heterocycles. The van der Waals surface area contributed by atoms with Gasteiger partial charge in [0.25, 0.3) is 5.91 Å². The van der Waals surface area contributed by atoms with Gasteiger partial charge < -0.3 is 5.32 Å². The molecule has 2 aromatic carbocycles. The largest absolute Gasteiger partial charge is 0.350 e. The van der Waals surface area contributed by atoms with Crippen LogP contribution in [0.5, 0.6) is 0 Å². The first-order valence-electron chi connectivity index (χ1n) is 10.2. The van der Waals surface area contributed by atoms with Crippen LogP contribution in [0.2, 0.25) is 0 Å². The SMILES string of the molecule is N#Cc1ccccc1Cn1nc(C(=O)NCCc2nnc3ccccn23)c2ccccc21. The van der Waals surface area contributed by atoms with E-state index >= 15 is 0 Å². The average Bonchev–Trinajstić information content (AvgIpc) is 3.41. The highest BCUT2D eigenvalue weighted by atomic mass is 16.1. The molecule has 0 aliphatic rings. The van der Waals surface area contributed by atoms with E-state index in [0.717, 1.165) is 27.9 Å². The molecule has 0 spiro atoms. The minimum Gasteiger partial charge on any atom is -0.350 e. The molecule has 0 saturated carbocycles. The number of para-hydroxylation sites is 1. The summed E-state index contributed by atoms with van der Waals surface area (Å²) in [6.45, 7) is 0.816. The number of hydrogen-bond donors (Lipinski definition) is 1. The lowest BCUT2D eigenvalue weighted by Gasteiger charge is -2.05. The van der Waals surface area contributed by atoms with Gasteiger partial charge in [-0.2, -0.15) is 10.4 Å². The molecule has 32 heavy (non-hydrogen) atoms. The first kappa shape index (κ1) is 19.5. The van der Waals surface area contributed by atoms with Crippen LogP contribution in [0.1, 0.15) is 27.4 Å². The second kappa shape index (κ2) is 8.32. The molecule has 1 N–H and O–H groups in total. The number of carbonyl (C=O) groups excluding carboxylic acids is 1. The van der Waals surface area contributed by atoms with Crippen molar-refractivity contribution in [3.8, 4) is 6.07 Å². The fourth-order valence-electron chi connectivity index (χ4n) is 3.78. The summed E-state index contributed by atoms with van der Waals surface area (Å²) in [5, 5.41) is 26.0. The van der Waals surface area contributed by atoms with E-state index < -0.39 is 0 Å². The van der Waals surface area contributed by atoms with Crippen LogP contribution in [0.15, 0.2) is 72.9 Å². The van der Waals surface area contributed by atoms with Crippen LogP contribution in [-0.2, 0) is 13.0 Å². The van der Waals surface area contributed by atoms with Crippen molar-refractivity contribution in [3.05, 3.63) is 95.6 Å². The first-order valence-corrected chi connectivity index (χ1v) is 10.2. The second-order valence-electron chi connectivity index (χ2n) is 7.34. The number of aromatic nitrogens is 5. The summed E-state index contributed by atoms with van der Waals surface area (Å²) in [6.07, 6.45) is 2.45. The van der Waals surface area contributed by atoms with Crippen molar-refractivity contribution in [2.75, 3.05) is 6.54 Å². The van der Waals surface area contributed by atoms with Gasteiger partial charge in [0.1, 0.15) is 5.82 Å². The van der Waals surface area contributed by atoms with E-state index in [1.165, 1.54) is 0 Å². The Kier molecular flexibility index (Phi) is 5.06. The highest BCUT2D eigenvalue weighted by Gasteiger charge is 2.18. The summed E-state index contributed by atoms with van der Waals surface area (Å²) >= 11 is 0. The highest BCUT2D eigenvalue weighted by molar-refractivity contribution is 6.04. The Bertz CT molecular complexity index is 1470. The van der Waals surface area contributed by atoms with Crippen LogP contribution in [0, 0.1) is 11.3 Å². The summed E-state index contributed by atoms with van der Waals surface area (Å²) < 4.78 is 3.68. The lowest BCUT2D eigenvalue weighted by atomic mass is 10.1. The molecule has 0 radical (unpaired) electrons. The predicted octanol–water partition coefficient (Wildman–Crippen LogP) is 2.97. The smallest absolute Gasteiger partial charge is 0.272 e. The number of nitriles is 1. The molecule has 0 aliphatic heterocycles. The standard InChI is InChI=1S/C24H19N7O/c25-15-17-7-1-2-8-18(17)16-31-20-10-4-3-9-19(20)23(29-31)24(32)26-13-12-22-28-27-21-11-5-6-14-30(21)22/h1-11,14H,12-13,16H2,(H,26,32). The normalized spacial score (nSPS) is 11.0. The average molecular weight is 421 g/mol. The van der Waals surface area contributed by atoms with Crippen molar-refractivity contribution in [2.45, 2.75) is 13.0 Å². The van der Waals surface area contributed by atoms with Crippen LogP contribution >= 0.6 is 0 Å². The lowest BCUT2D eigenvalue weighted by Crippen LogP contribution is -2.27. The number of rotatable bonds is 6. The maximum absolute atomic E-state index is 13.0. The molecular weight excluding hydrogens is 402 g/mol. The first-order chi connectivity index (χ1) is 15.7. The molecule has 8 nitrogen and oxygen atoms in total. The Balaban J connectivity index is 1.37. The van der Waals surface area contributed by atoms with E-state index in [1.54, 1.807) is 10.7 Å². The van der Waals surface area contributed by atoms with Crippen LogP contribution in [-0.4, -0.2) is 36.8 Å². The third-order valence-corrected chi connectivity index (χ3v) is 5.35. The number of benzene rings is 2. The molecule has 8 heteroatoms. The summed E-state index contributed by atoms with van der Waals surface area (Å²) in [5.74, 6) is 0.534. The topological polar surface area (TPSA) is 101 Å². The zero-order valence-corrected chi connectivity index (χ0v) is 17.1. The minimum atomic E-state index is -0.248. The number of hydrogen-bond acceptors (Lipinski definition) is 5. The van der Waals surface area contributed by atoms with Gasteiger partial charge in [0.2, 0.25) is 0 Å². The number of pyridine rings is 1. The van der Waals surface area contributed by atoms with Gasteiger partial charge in [0.15, 0.2) is 11.3 Å². The van der Waals surface area contributed by atoms with Gasteiger partial charge in [-0.3, -0.25) is 13.9 Å². The van der Waals surface area contributed by atoms with Gasteiger partial charge in [-0.25, -0.2) is 0 Å². The number of fused-ring (bicyclic) bond motifs is 2. The van der Waals surface area contributed by atoms with E-state index in [1.807, 2.05) is 71.3 Å². The summed E-state index contributed by atoms with van der Waals surface area (Å²) in [7, 11) is 0. The van der Waals surface area contributed by atoms with Crippen LogP contribution < -0.4 is 5.32 Å². The Hall–Kier alpha value is -4.51. The molecule has 156 valence electrons. The second-order valence-corrected chi connectivity index (χ2v) is 7.34. The molecule has 5 rings (SSSR count). The quantitative estimate of drug-likeness (QED) is 0.454. The molecule has 5 aromatic rings. The van der Waals surface area contributed by atoms with Gasteiger partial charge in [-0.05, 0) is 29.8 Å². The van der Waals surface area contributed by atoms with Crippen molar-refractivity contribution in [1.29, 1.82) is 5.26 Å². The maximum atomic E-state index is 13.0. The van der Waals surface area contributed by atoms with Gasteiger partial charge >= 0.3 is 0 Å². The molecule has 1 amide bonds. The monoisotopic (exact) mass is 421 g/mol. The molecule has 0 fully saturated rings. The third kappa shape index (κ3) is 3.56. The van der Waals surface area contributed by atoms with Crippen LogP contribution in [0.4, 0.5) is 0 Å². The Morgan fingerprint density at radius 2 is 1.81 bits per heavy atom. The van der Waals surface area contributed by atoms with Crippen LogP contribution in [0.25, 0.3) is 16.6 Å². The molecular formula is C24H19N7O. The van der Waals surface area contributed by atoms with Crippen molar-refractivity contribution in [3.63, 3.8) is 0 Å². The van der Waals surface area contributed by atoms with Crippen molar-refractivity contribution in [1.82, 2.24) is 29.7 Å². The molecule has 0 saturated heterocycles. The summed E-state index contributed by atoms with van der Waals surface area (Å²) in [6, 6.07) is 22.9. The van der Waals surface area contributed by atoms with Crippen molar-refractivity contribution < 1.29 is 4.79 Å². The zero-order chi connectivity index (χ0) is 21.9. The van der Waals surface area contributed by atoms with E-state index in [0.29, 0.717) is 30.8 Å². The van der Waals surface area contributed by atoms with Crippen LogP contribution in [0.3, 0.4) is 0 Å². The Morgan fingerprint density at radius 1 is 1.00 bits per heavy atom. The molecule has 0 aliphatic carbocycles. The predicted molar refractivity (Wildman–Crippen MR) is 119 cm³/mol. The number of amides is 1. The third-order valence-electron chi connectivity index (χ3n) is 5.35. The number of nitrogens with one attached hydrogen (secondary N) is 1. The van der Waals surface area contributed by atoms with E-state index in [2.05, 4.69) is 26.7 Å². The van der Waals surface area contributed by atoms with Gasteiger partial charge in [0.05, 0.1) is 23.7 Å². The van der Waals surface area contributed by atoms with Gasteiger partial charge in [-0.15, -0.1) is 10.2 Å². The van der Waals surface area contributed by atoms with E-state index in [4.69, 9.17) is 0 Å². The molecule has 0 unspecified atom stereocenters. The zero-order valence-electron chi connectivity index (χ0n) is 17.1. The number of carbonyl (C=O) groups is 1. The Labute approximate surface area is 183 Å². The number of nitrogens with zero attached hydrogens (tertiary/aromatic N) is 6. The highest BCUT2D eigenvalue weighted by Crippen LogP contribution is 2.20. The summed E-state index contributed by atoms with van der Waals surface area (Å²) in [5.41, 5.74) is 3.43. The molecule has 0 bridgehead atoms. The van der Waals surface area contributed by atoms with E-state index in [9.17, 15) is 10.1 Å². The molecule has 3 heterocycles. The summed E-state index contributed by atoms with van der Waals surface area (Å²) in [4.78, 5) is 13.0. The van der Waals surface area contributed by atoms with Crippen molar-refractivity contribution >= 4 is 22.5 Å². The minimum absolute atomic E-state index is 0.248. The fraction of sp³-hybridized carbons (Fsp3) is 0.125. The maximum Gasteiger partial charge on any atom is 0.272 e. The lowest BCUT2D eigenvalue weighted by molar-refractivity contribution is 0.0949. The Morgan fingerprint density at radius 3 is 2.72 bits per heavy atom. The van der Waals surface area contributed by atoms with Gasteiger partial charge in [0, 0.05) is 24.5 Å². The van der Waals surface area contributed by atoms with E-state index in [-0.39, 0.29) is 5.91 Å². The van der Waals surface area contributed by atoms with Crippen molar-refractivity contribution in [2.24, 2.45) is 0 Å². The fourth-order valence-corrected chi connectivity index (χ4v) is 3.78. The molecule has 0 atom stereocenters.